The van der Waals surface area contributed by atoms with Gasteiger partial charge in [-0.15, -0.1) is 0 Å². The Kier molecular flexibility index (Phi) is 5.23. The lowest BCUT2D eigenvalue weighted by molar-refractivity contribution is -0.111. The third-order valence-electron chi connectivity index (χ3n) is 3.25. The van der Waals surface area contributed by atoms with Gasteiger partial charge in [-0.05, 0) is 54.8 Å². The van der Waals surface area contributed by atoms with Gasteiger partial charge in [0.1, 0.15) is 5.75 Å². The maximum Gasteiger partial charge on any atom is 0.248 e. The van der Waals surface area contributed by atoms with Crippen LogP contribution in [0.25, 0.3) is 6.08 Å². The smallest absolute Gasteiger partial charge is 0.248 e. The quantitative estimate of drug-likeness (QED) is 0.836. The van der Waals surface area contributed by atoms with E-state index in [-0.39, 0.29) is 5.91 Å². The predicted molar refractivity (Wildman–Crippen MR) is 91.6 cm³/mol. The van der Waals surface area contributed by atoms with Gasteiger partial charge in [-0.3, -0.25) is 4.79 Å². The van der Waals surface area contributed by atoms with Gasteiger partial charge < -0.3 is 10.1 Å². The maximum absolute atomic E-state index is 12.0. The van der Waals surface area contributed by atoms with E-state index in [4.69, 9.17) is 16.3 Å². The zero-order valence-electron chi connectivity index (χ0n) is 12.8. The topological polar surface area (TPSA) is 38.3 Å². The van der Waals surface area contributed by atoms with Crippen molar-refractivity contribution in [3.63, 3.8) is 0 Å². The van der Waals surface area contributed by atoms with E-state index < -0.39 is 0 Å². The van der Waals surface area contributed by atoms with Crippen LogP contribution in [0.1, 0.15) is 16.7 Å². The number of halogens is 1. The van der Waals surface area contributed by atoms with E-state index in [0.717, 1.165) is 22.4 Å². The summed E-state index contributed by atoms with van der Waals surface area (Å²) in [5, 5.41) is 3.39. The molecule has 0 aliphatic heterocycles. The second-order valence-corrected chi connectivity index (χ2v) is 5.44. The fraction of sp³-hybridized carbons (Fsp3) is 0.167. The molecule has 0 aromatic heterocycles. The van der Waals surface area contributed by atoms with Gasteiger partial charge in [0.2, 0.25) is 5.91 Å². The molecule has 2 aromatic carbocycles. The minimum absolute atomic E-state index is 0.180. The Labute approximate surface area is 135 Å². The summed E-state index contributed by atoms with van der Waals surface area (Å²) in [6.45, 7) is 3.95. The predicted octanol–water partition coefficient (Wildman–Crippen LogP) is 4.62. The molecule has 1 N–H and O–H groups in total. The fourth-order valence-corrected chi connectivity index (χ4v) is 2.27. The Bertz CT molecular complexity index is 723. The Morgan fingerprint density at radius 1 is 1.18 bits per heavy atom. The highest BCUT2D eigenvalue weighted by molar-refractivity contribution is 6.32. The highest BCUT2D eigenvalue weighted by atomic mass is 35.5. The molecule has 0 heterocycles. The highest BCUT2D eigenvalue weighted by Crippen LogP contribution is 2.25. The molecule has 0 spiro atoms. The largest absolute Gasteiger partial charge is 0.495 e. The maximum atomic E-state index is 12.0. The highest BCUT2D eigenvalue weighted by Gasteiger charge is 2.03. The van der Waals surface area contributed by atoms with Crippen LogP contribution in [0.15, 0.2) is 42.5 Å². The number of amides is 1. The monoisotopic (exact) mass is 315 g/mol. The van der Waals surface area contributed by atoms with Crippen molar-refractivity contribution in [2.75, 3.05) is 12.4 Å². The van der Waals surface area contributed by atoms with Crippen LogP contribution >= 0.6 is 11.6 Å². The van der Waals surface area contributed by atoms with Crippen LogP contribution in [0.3, 0.4) is 0 Å². The Morgan fingerprint density at radius 2 is 1.95 bits per heavy atom. The molecule has 0 saturated heterocycles. The summed E-state index contributed by atoms with van der Waals surface area (Å²) in [5.41, 5.74) is 3.79. The van der Waals surface area contributed by atoms with Crippen LogP contribution in [0.5, 0.6) is 5.75 Å². The minimum atomic E-state index is -0.180. The van der Waals surface area contributed by atoms with E-state index in [2.05, 4.69) is 5.32 Å². The molecule has 3 nitrogen and oxygen atoms in total. The summed E-state index contributed by atoms with van der Waals surface area (Å²) in [4.78, 5) is 12.0. The van der Waals surface area contributed by atoms with Gasteiger partial charge in [-0.1, -0.05) is 29.8 Å². The van der Waals surface area contributed by atoms with Gasteiger partial charge in [0.15, 0.2) is 0 Å². The molecule has 0 fully saturated rings. The number of hydrogen-bond acceptors (Lipinski definition) is 2. The van der Waals surface area contributed by atoms with Crippen molar-refractivity contribution in [2.45, 2.75) is 13.8 Å². The lowest BCUT2D eigenvalue weighted by Crippen LogP contribution is -2.09. The molecule has 0 unspecified atom stereocenters. The van der Waals surface area contributed by atoms with Crippen molar-refractivity contribution in [1.29, 1.82) is 0 Å². The van der Waals surface area contributed by atoms with Crippen molar-refractivity contribution in [2.24, 2.45) is 0 Å². The van der Waals surface area contributed by atoms with E-state index in [1.54, 1.807) is 25.3 Å². The normalized spacial score (nSPS) is 10.7. The second-order valence-electron chi connectivity index (χ2n) is 5.03. The molecule has 0 atom stereocenters. The van der Waals surface area contributed by atoms with Crippen LogP contribution < -0.4 is 10.1 Å². The van der Waals surface area contributed by atoms with E-state index in [0.29, 0.717) is 10.8 Å². The average Bonchev–Trinajstić information content (AvgIpc) is 2.49. The third-order valence-corrected chi connectivity index (χ3v) is 3.55. The van der Waals surface area contributed by atoms with Crippen LogP contribution in [-0.4, -0.2) is 13.0 Å². The summed E-state index contributed by atoms with van der Waals surface area (Å²) in [6.07, 6.45) is 3.20. The molecule has 4 heteroatoms. The summed E-state index contributed by atoms with van der Waals surface area (Å²) in [7, 11) is 1.56. The number of benzene rings is 2. The van der Waals surface area contributed by atoms with Crippen molar-refractivity contribution in [1.82, 2.24) is 0 Å². The fourth-order valence-electron chi connectivity index (χ4n) is 2.00. The second kappa shape index (κ2) is 7.14. The van der Waals surface area contributed by atoms with E-state index in [1.807, 2.05) is 38.1 Å². The number of nitrogens with one attached hydrogen (secondary N) is 1. The Hall–Kier alpha value is -2.26. The third kappa shape index (κ3) is 4.12. The van der Waals surface area contributed by atoms with Crippen molar-refractivity contribution < 1.29 is 9.53 Å². The van der Waals surface area contributed by atoms with Crippen molar-refractivity contribution in [3.05, 3.63) is 64.2 Å². The summed E-state index contributed by atoms with van der Waals surface area (Å²) in [6, 6.07) is 11.3. The summed E-state index contributed by atoms with van der Waals surface area (Å²) < 4.78 is 5.09. The van der Waals surface area contributed by atoms with Gasteiger partial charge in [-0.25, -0.2) is 0 Å². The first-order chi connectivity index (χ1) is 10.5. The molecule has 0 aliphatic rings. The molecule has 2 rings (SSSR count). The molecule has 0 saturated carbocycles. The van der Waals surface area contributed by atoms with E-state index in [1.165, 1.54) is 6.08 Å². The standard InChI is InChI=1S/C18H18ClNO2/c1-12-4-5-13(2)16(10-12)20-18(21)9-7-14-6-8-17(22-3)15(19)11-14/h4-11H,1-3H3,(H,20,21)/b9-7+. The molecule has 0 radical (unpaired) electrons. The number of rotatable bonds is 4. The summed E-state index contributed by atoms with van der Waals surface area (Å²) in [5.74, 6) is 0.430. The van der Waals surface area contributed by atoms with Crippen LogP contribution in [0.4, 0.5) is 5.69 Å². The molecule has 114 valence electrons. The Balaban J connectivity index is 2.08. The molecule has 22 heavy (non-hydrogen) atoms. The molecular formula is C18H18ClNO2. The van der Waals surface area contributed by atoms with Gasteiger partial charge in [-0.2, -0.15) is 0 Å². The van der Waals surface area contributed by atoms with Crippen LogP contribution in [0, 0.1) is 13.8 Å². The Morgan fingerprint density at radius 3 is 2.64 bits per heavy atom. The van der Waals surface area contributed by atoms with Gasteiger partial charge in [0.05, 0.1) is 12.1 Å². The zero-order chi connectivity index (χ0) is 16.1. The minimum Gasteiger partial charge on any atom is -0.495 e. The van der Waals surface area contributed by atoms with Gasteiger partial charge in [0.25, 0.3) is 0 Å². The van der Waals surface area contributed by atoms with Crippen LogP contribution in [0.2, 0.25) is 5.02 Å². The van der Waals surface area contributed by atoms with E-state index in [9.17, 15) is 4.79 Å². The number of aryl methyl sites for hydroxylation is 2. The molecular weight excluding hydrogens is 298 g/mol. The molecule has 0 bridgehead atoms. The SMILES string of the molecule is COc1ccc(/C=C/C(=O)Nc2cc(C)ccc2C)cc1Cl. The number of ether oxygens (including phenoxy) is 1. The van der Waals surface area contributed by atoms with Gasteiger partial charge in [0, 0.05) is 11.8 Å². The lowest BCUT2D eigenvalue weighted by Gasteiger charge is -2.07. The molecule has 2 aromatic rings. The van der Waals surface area contributed by atoms with Crippen LogP contribution in [-0.2, 0) is 4.79 Å². The summed E-state index contributed by atoms with van der Waals surface area (Å²) >= 11 is 6.05. The zero-order valence-corrected chi connectivity index (χ0v) is 13.6. The number of carbonyl (C=O) groups excluding carboxylic acids is 1. The first-order valence-electron chi connectivity index (χ1n) is 6.89. The van der Waals surface area contributed by atoms with Crippen molar-refractivity contribution in [3.8, 4) is 5.75 Å². The first-order valence-corrected chi connectivity index (χ1v) is 7.27. The molecule has 1 amide bonds. The van der Waals surface area contributed by atoms with Crippen molar-refractivity contribution >= 4 is 29.3 Å². The van der Waals surface area contributed by atoms with Gasteiger partial charge >= 0.3 is 0 Å². The first kappa shape index (κ1) is 16.1. The number of hydrogen-bond donors (Lipinski definition) is 1. The lowest BCUT2D eigenvalue weighted by atomic mass is 10.1. The average molecular weight is 316 g/mol. The number of methoxy groups -OCH3 is 1. The number of carbonyl (C=O) groups is 1. The van der Waals surface area contributed by atoms with E-state index >= 15 is 0 Å². The molecule has 0 aliphatic carbocycles. The number of anilines is 1.